The number of hydrogen-bond acceptors (Lipinski definition) is 9. The maximum atomic E-state index is 12.7. The molecule has 0 spiro atoms. The number of nitrogens with one attached hydrogen (secondary N) is 3. The number of thiol groups is 2. The summed E-state index contributed by atoms with van der Waals surface area (Å²) in [4.78, 5) is 52.5. The molecule has 184 valence electrons. The van der Waals surface area contributed by atoms with Gasteiger partial charge in [0.05, 0.1) is 6.04 Å². The SMILES string of the molecule is CSCCC(N)C(=O)NC(CS)C(=O)NC(CCCN=C(N)N)C(=O)NC(CS)C(=O)O. The van der Waals surface area contributed by atoms with E-state index in [0.717, 1.165) is 0 Å². The maximum absolute atomic E-state index is 12.7. The second-order valence-corrected chi connectivity index (χ2v) is 8.44. The van der Waals surface area contributed by atoms with Crippen LogP contribution in [0.4, 0.5) is 0 Å². The number of nitrogens with zero attached hydrogens (tertiary/aromatic N) is 1. The number of rotatable bonds is 16. The standard InChI is InChI=1S/C17H33N7O5S3/c1-32-6-4-9(18)13(25)23-11(7-30)15(27)22-10(3-2-5-21-17(19)20)14(26)24-12(8-31)16(28)29/h9-12,30-31H,2-8,18H2,1H3,(H,22,27)(H,23,25)(H,24,26)(H,28,29)(H4,19,20,21). The van der Waals surface area contributed by atoms with Gasteiger partial charge in [0.1, 0.15) is 18.1 Å². The molecule has 15 heteroatoms. The lowest BCUT2D eigenvalue weighted by Gasteiger charge is -2.24. The molecule has 0 aromatic carbocycles. The van der Waals surface area contributed by atoms with Crippen molar-refractivity contribution in [1.82, 2.24) is 16.0 Å². The summed E-state index contributed by atoms with van der Waals surface area (Å²) in [6.45, 7) is 0.202. The lowest BCUT2D eigenvalue weighted by Crippen LogP contribution is -2.57. The molecule has 4 atom stereocenters. The third kappa shape index (κ3) is 12.3. The van der Waals surface area contributed by atoms with E-state index in [1.807, 2.05) is 6.26 Å². The van der Waals surface area contributed by atoms with E-state index in [-0.39, 0.29) is 30.4 Å². The Kier molecular flexibility index (Phi) is 15.8. The number of hydrogen-bond donors (Lipinski definition) is 9. The quantitative estimate of drug-likeness (QED) is 0.0463. The topological polar surface area (TPSA) is 215 Å². The summed E-state index contributed by atoms with van der Waals surface area (Å²) in [5, 5.41) is 16.5. The molecule has 4 unspecified atom stereocenters. The van der Waals surface area contributed by atoms with E-state index in [1.54, 1.807) is 0 Å². The minimum absolute atomic E-state index is 0.0381. The average molecular weight is 512 g/mol. The number of nitrogens with two attached hydrogens (primary N) is 3. The molecule has 32 heavy (non-hydrogen) atoms. The molecule has 0 rings (SSSR count). The van der Waals surface area contributed by atoms with E-state index in [2.05, 4.69) is 46.2 Å². The van der Waals surface area contributed by atoms with Gasteiger partial charge in [-0.05, 0) is 31.3 Å². The van der Waals surface area contributed by atoms with Crippen LogP contribution in [0.2, 0.25) is 0 Å². The van der Waals surface area contributed by atoms with Gasteiger partial charge in [0, 0.05) is 18.1 Å². The van der Waals surface area contributed by atoms with E-state index in [0.29, 0.717) is 18.6 Å². The molecule has 0 aromatic rings. The van der Waals surface area contributed by atoms with Gasteiger partial charge in [0.15, 0.2) is 5.96 Å². The number of amides is 3. The highest BCUT2D eigenvalue weighted by atomic mass is 32.2. The van der Waals surface area contributed by atoms with Crippen molar-refractivity contribution in [3.05, 3.63) is 0 Å². The van der Waals surface area contributed by atoms with Crippen molar-refractivity contribution in [2.75, 3.05) is 30.1 Å². The van der Waals surface area contributed by atoms with Crippen LogP contribution in [-0.2, 0) is 19.2 Å². The highest BCUT2D eigenvalue weighted by Crippen LogP contribution is 2.03. The zero-order chi connectivity index (χ0) is 24.7. The Hall–Kier alpha value is -1.84. The third-order valence-corrected chi connectivity index (χ3v) is 5.53. The van der Waals surface area contributed by atoms with Crippen LogP contribution in [0.3, 0.4) is 0 Å². The first-order chi connectivity index (χ1) is 15.1. The molecule has 3 amide bonds. The Morgan fingerprint density at radius 3 is 1.97 bits per heavy atom. The summed E-state index contributed by atoms with van der Waals surface area (Å²) in [5.74, 6) is -2.77. The fourth-order valence-corrected chi connectivity index (χ4v) is 3.35. The summed E-state index contributed by atoms with van der Waals surface area (Å²) in [7, 11) is 0. The number of carbonyl (C=O) groups is 4. The Morgan fingerprint density at radius 1 is 0.938 bits per heavy atom. The Labute approximate surface area is 202 Å². The molecule has 0 aliphatic heterocycles. The van der Waals surface area contributed by atoms with Crippen molar-refractivity contribution in [2.24, 2.45) is 22.2 Å². The molecule has 0 bridgehead atoms. The van der Waals surface area contributed by atoms with Crippen molar-refractivity contribution < 1.29 is 24.3 Å². The smallest absolute Gasteiger partial charge is 0.327 e. The van der Waals surface area contributed by atoms with Gasteiger partial charge in [0.25, 0.3) is 0 Å². The number of aliphatic carboxylic acids is 1. The molecular formula is C17H33N7O5S3. The van der Waals surface area contributed by atoms with Crippen LogP contribution >= 0.6 is 37.0 Å². The van der Waals surface area contributed by atoms with Crippen LogP contribution in [0, 0.1) is 0 Å². The lowest BCUT2D eigenvalue weighted by atomic mass is 10.1. The van der Waals surface area contributed by atoms with E-state index in [1.165, 1.54) is 11.8 Å². The summed E-state index contributed by atoms with van der Waals surface area (Å²) in [6, 6.07) is -4.16. The molecule has 0 aliphatic rings. The summed E-state index contributed by atoms with van der Waals surface area (Å²) in [6.07, 6.45) is 2.76. The van der Waals surface area contributed by atoms with Crippen LogP contribution in [0.1, 0.15) is 19.3 Å². The van der Waals surface area contributed by atoms with Gasteiger partial charge in [-0.1, -0.05) is 0 Å². The Bertz CT molecular complexity index is 664. The molecule has 0 fully saturated rings. The first kappa shape index (κ1) is 30.2. The highest BCUT2D eigenvalue weighted by molar-refractivity contribution is 7.98. The van der Waals surface area contributed by atoms with Crippen molar-refractivity contribution in [3.8, 4) is 0 Å². The van der Waals surface area contributed by atoms with Crippen molar-refractivity contribution in [2.45, 2.75) is 43.4 Å². The van der Waals surface area contributed by atoms with Crippen molar-refractivity contribution >= 4 is 66.7 Å². The molecule has 10 N–H and O–H groups in total. The van der Waals surface area contributed by atoms with Gasteiger partial charge in [-0.25, -0.2) is 4.79 Å². The molecule has 12 nitrogen and oxygen atoms in total. The fraction of sp³-hybridized carbons (Fsp3) is 0.706. The normalized spacial score (nSPS) is 14.4. The minimum atomic E-state index is -1.27. The zero-order valence-electron chi connectivity index (χ0n) is 17.8. The number of aliphatic imine (C=N–C) groups is 1. The fourth-order valence-electron chi connectivity index (χ4n) is 2.35. The van der Waals surface area contributed by atoms with Crippen LogP contribution in [0.25, 0.3) is 0 Å². The Morgan fingerprint density at radius 2 is 1.47 bits per heavy atom. The second-order valence-electron chi connectivity index (χ2n) is 6.72. The van der Waals surface area contributed by atoms with E-state index in [4.69, 9.17) is 22.3 Å². The van der Waals surface area contributed by atoms with Gasteiger partial charge >= 0.3 is 5.97 Å². The Balaban J connectivity index is 5.23. The molecule has 0 saturated carbocycles. The number of carboxylic acids is 1. The molecular weight excluding hydrogens is 478 g/mol. The first-order valence-electron chi connectivity index (χ1n) is 9.72. The predicted octanol–water partition coefficient (Wildman–Crippen LogP) is -2.48. The third-order valence-electron chi connectivity index (χ3n) is 4.16. The van der Waals surface area contributed by atoms with E-state index in [9.17, 15) is 19.2 Å². The number of guanidine groups is 1. The number of carbonyl (C=O) groups excluding carboxylic acids is 3. The molecule has 0 saturated heterocycles. The maximum Gasteiger partial charge on any atom is 0.327 e. The first-order valence-corrected chi connectivity index (χ1v) is 12.4. The summed E-state index contributed by atoms with van der Waals surface area (Å²) in [5.41, 5.74) is 16.4. The van der Waals surface area contributed by atoms with Gasteiger partial charge in [-0.3, -0.25) is 19.4 Å². The molecule has 0 radical (unpaired) electrons. The zero-order valence-corrected chi connectivity index (χ0v) is 20.4. The number of thioether (sulfide) groups is 1. The van der Waals surface area contributed by atoms with Gasteiger partial charge < -0.3 is 38.3 Å². The van der Waals surface area contributed by atoms with Gasteiger partial charge in [-0.15, -0.1) is 0 Å². The van der Waals surface area contributed by atoms with Gasteiger partial charge in [0.2, 0.25) is 17.7 Å². The lowest BCUT2D eigenvalue weighted by molar-refractivity contribution is -0.141. The highest BCUT2D eigenvalue weighted by Gasteiger charge is 2.29. The monoisotopic (exact) mass is 511 g/mol. The van der Waals surface area contributed by atoms with Crippen LogP contribution < -0.4 is 33.2 Å². The van der Waals surface area contributed by atoms with Gasteiger partial charge in [-0.2, -0.15) is 37.0 Å². The van der Waals surface area contributed by atoms with E-state index >= 15 is 0 Å². The van der Waals surface area contributed by atoms with Crippen LogP contribution in [0.5, 0.6) is 0 Å². The van der Waals surface area contributed by atoms with Crippen LogP contribution in [-0.4, -0.2) is 89.0 Å². The molecule has 0 aromatic heterocycles. The summed E-state index contributed by atoms with van der Waals surface area (Å²) < 4.78 is 0. The minimum Gasteiger partial charge on any atom is -0.480 e. The largest absolute Gasteiger partial charge is 0.480 e. The average Bonchev–Trinajstić information content (AvgIpc) is 2.74. The number of carboxylic acid groups (broad SMARTS) is 1. The van der Waals surface area contributed by atoms with E-state index < -0.39 is 47.9 Å². The van der Waals surface area contributed by atoms with Crippen molar-refractivity contribution in [1.29, 1.82) is 0 Å². The molecule has 0 aliphatic carbocycles. The predicted molar refractivity (Wildman–Crippen MR) is 132 cm³/mol. The second kappa shape index (κ2) is 16.7. The van der Waals surface area contributed by atoms with Crippen molar-refractivity contribution in [3.63, 3.8) is 0 Å². The molecule has 0 heterocycles. The van der Waals surface area contributed by atoms with Crippen LogP contribution in [0.15, 0.2) is 4.99 Å². The summed E-state index contributed by atoms with van der Waals surface area (Å²) >= 11 is 9.54.